The molecule has 0 heterocycles. The van der Waals surface area contributed by atoms with Crippen molar-refractivity contribution in [1.29, 1.82) is 0 Å². The summed E-state index contributed by atoms with van der Waals surface area (Å²) in [4.78, 5) is 25.3. The summed E-state index contributed by atoms with van der Waals surface area (Å²) in [7, 11) is -4.75. The van der Waals surface area contributed by atoms with E-state index in [1.165, 1.54) is 96.3 Å². The minimum absolute atomic E-state index is 0.214. The first-order valence-corrected chi connectivity index (χ1v) is 19.2. The molecule has 3 atom stereocenters. The highest BCUT2D eigenvalue weighted by Gasteiger charge is 2.41. The van der Waals surface area contributed by atoms with Gasteiger partial charge < -0.3 is 9.47 Å². The third-order valence-corrected chi connectivity index (χ3v) is 8.96. The maximum Gasteiger partial charge on any atom is 0.397 e. The molecule has 1 rings (SSSR count). The van der Waals surface area contributed by atoms with Crippen molar-refractivity contribution >= 4 is 22.3 Å². The fraction of sp³-hybridized carbons (Fsp3) is 0.941. The minimum atomic E-state index is -4.75. The molecule has 0 radical (unpaired) electrons. The molecule has 0 aromatic carbocycles. The number of rotatable bonds is 28. The van der Waals surface area contributed by atoms with Gasteiger partial charge in [-0.05, 0) is 32.1 Å². The molecular weight excluding hydrogens is 568 g/mol. The summed E-state index contributed by atoms with van der Waals surface area (Å²) >= 11 is 0. The topological polar surface area (TPSA) is 116 Å². The van der Waals surface area contributed by atoms with Crippen LogP contribution in [0.4, 0.5) is 0 Å². The SMILES string of the molecule is CCCCCCCCCCCCCC(=O)O[C@H]1[C@@H](OC(=O)CCCCCCCCCCCCC)CCC[C@H]1OS(=O)(=O)O. The van der Waals surface area contributed by atoms with Gasteiger partial charge in [-0.15, -0.1) is 0 Å². The van der Waals surface area contributed by atoms with Gasteiger partial charge in [-0.2, -0.15) is 8.42 Å². The van der Waals surface area contributed by atoms with Crippen molar-refractivity contribution in [2.24, 2.45) is 0 Å². The zero-order valence-electron chi connectivity index (χ0n) is 27.5. The third-order valence-electron chi connectivity index (χ3n) is 8.47. The van der Waals surface area contributed by atoms with Crippen molar-refractivity contribution in [2.75, 3.05) is 0 Å². The molecule has 0 aliphatic heterocycles. The van der Waals surface area contributed by atoms with E-state index in [1.807, 2.05) is 0 Å². The molecule has 0 aromatic rings. The third kappa shape index (κ3) is 22.9. The number of carbonyl (C=O) groups excluding carboxylic acids is 2. The van der Waals surface area contributed by atoms with Crippen molar-refractivity contribution in [3.05, 3.63) is 0 Å². The summed E-state index contributed by atoms with van der Waals surface area (Å²) in [5.74, 6) is -0.835. The molecule has 8 nitrogen and oxygen atoms in total. The Kier molecular flexibility index (Phi) is 24.1. The molecule has 0 unspecified atom stereocenters. The fourth-order valence-corrected chi connectivity index (χ4v) is 6.45. The van der Waals surface area contributed by atoms with Crippen LogP contribution in [0.1, 0.15) is 187 Å². The summed E-state index contributed by atoms with van der Waals surface area (Å²) in [5.41, 5.74) is 0. The van der Waals surface area contributed by atoms with Crippen molar-refractivity contribution < 1.29 is 36.2 Å². The molecule has 1 fully saturated rings. The second-order valence-corrected chi connectivity index (χ2v) is 13.6. The van der Waals surface area contributed by atoms with E-state index in [1.54, 1.807) is 0 Å². The Morgan fingerprint density at radius 1 is 0.558 bits per heavy atom. The van der Waals surface area contributed by atoms with Gasteiger partial charge in [0.15, 0.2) is 6.10 Å². The first-order valence-electron chi connectivity index (χ1n) is 17.8. The Morgan fingerprint density at radius 3 is 1.30 bits per heavy atom. The zero-order chi connectivity index (χ0) is 31.6. The number of unbranched alkanes of at least 4 members (excludes halogenated alkanes) is 20. The quantitative estimate of drug-likeness (QED) is 0.0515. The lowest BCUT2D eigenvalue weighted by Gasteiger charge is -2.35. The molecule has 1 N–H and O–H groups in total. The highest BCUT2D eigenvalue weighted by atomic mass is 32.3. The lowest BCUT2D eigenvalue weighted by Crippen LogP contribution is -2.48. The molecule has 0 bridgehead atoms. The van der Waals surface area contributed by atoms with E-state index in [0.29, 0.717) is 19.3 Å². The van der Waals surface area contributed by atoms with Gasteiger partial charge in [-0.3, -0.25) is 14.1 Å². The maximum absolute atomic E-state index is 12.7. The molecule has 1 aliphatic carbocycles. The molecule has 43 heavy (non-hydrogen) atoms. The summed E-state index contributed by atoms with van der Waals surface area (Å²) in [6.07, 6.45) is 24.7. The van der Waals surface area contributed by atoms with Crippen LogP contribution in [-0.2, 0) is 33.6 Å². The molecule has 1 saturated carbocycles. The lowest BCUT2D eigenvalue weighted by molar-refractivity contribution is -0.181. The van der Waals surface area contributed by atoms with Gasteiger partial charge in [0.1, 0.15) is 12.2 Å². The van der Waals surface area contributed by atoms with Gasteiger partial charge in [0.05, 0.1) is 0 Å². The van der Waals surface area contributed by atoms with E-state index in [4.69, 9.17) is 13.7 Å². The molecule has 0 spiro atoms. The van der Waals surface area contributed by atoms with Crippen molar-refractivity contribution in [3.8, 4) is 0 Å². The van der Waals surface area contributed by atoms with Crippen LogP contribution in [0, 0.1) is 0 Å². The molecule has 254 valence electrons. The van der Waals surface area contributed by atoms with Gasteiger partial charge in [0, 0.05) is 12.8 Å². The minimum Gasteiger partial charge on any atom is -0.458 e. The summed E-state index contributed by atoms with van der Waals surface area (Å²) in [6, 6.07) is 0. The van der Waals surface area contributed by atoms with Crippen LogP contribution in [0.3, 0.4) is 0 Å². The molecular formula is C34H64O8S. The largest absolute Gasteiger partial charge is 0.458 e. The van der Waals surface area contributed by atoms with E-state index in [-0.39, 0.29) is 25.2 Å². The number of ether oxygens (including phenoxy) is 2. The molecule has 1 aliphatic rings. The summed E-state index contributed by atoms with van der Waals surface area (Å²) < 4.78 is 48.4. The Bertz CT molecular complexity index is 800. The fourth-order valence-electron chi connectivity index (χ4n) is 5.93. The normalized spacial score (nSPS) is 18.9. The van der Waals surface area contributed by atoms with Gasteiger partial charge in [-0.25, -0.2) is 4.18 Å². The van der Waals surface area contributed by atoms with Crippen molar-refractivity contribution in [3.63, 3.8) is 0 Å². The maximum atomic E-state index is 12.7. The van der Waals surface area contributed by atoms with Gasteiger partial charge in [-0.1, -0.05) is 142 Å². The Morgan fingerprint density at radius 2 is 0.907 bits per heavy atom. The van der Waals surface area contributed by atoms with E-state index >= 15 is 0 Å². The monoisotopic (exact) mass is 632 g/mol. The highest BCUT2D eigenvalue weighted by molar-refractivity contribution is 7.80. The van der Waals surface area contributed by atoms with Crippen LogP contribution in [0.2, 0.25) is 0 Å². The number of esters is 2. The standard InChI is InChI=1S/C34H64O8S/c1-3-5-7-9-11-13-15-17-19-21-23-28-32(35)40-30-26-25-27-31(42-43(37,38)39)34(30)41-33(36)29-24-22-20-18-16-14-12-10-8-6-4-2/h30-31,34H,3-29H2,1-2H3,(H,37,38,39)/t30-,31+,34-/m0/s1. The second kappa shape index (κ2) is 26.1. The van der Waals surface area contributed by atoms with Crippen LogP contribution in [-0.4, -0.2) is 43.2 Å². The predicted molar refractivity (Wildman–Crippen MR) is 172 cm³/mol. The number of carbonyl (C=O) groups is 2. The molecule has 0 saturated heterocycles. The van der Waals surface area contributed by atoms with Gasteiger partial charge in [0.2, 0.25) is 0 Å². The summed E-state index contributed by atoms with van der Waals surface area (Å²) in [6.45, 7) is 4.46. The van der Waals surface area contributed by atoms with Crippen LogP contribution in [0.25, 0.3) is 0 Å². The zero-order valence-corrected chi connectivity index (χ0v) is 28.4. The smallest absolute Gasteiger partial charge is 0.397 e. The van der Waals surface area contributed by atoms with Crippen LogP contribution >= 0.6 is 0 Å². The van der Waals surface area contributed by atoms with E-state index in [2.05, 4.69) is 13.8 Å². The average molecular weight is 633 g/mol. The van der Waals surface area contributed by atoms with E-state index in [9.17, 15) is 22.6 Å². The Balaban J connectivity index is 2.36. The lowest BCUT2D eigenvalue weighted by atomic mass is 9.91. The van der Waals surface area contributed by atoms with E-state index < -0.39 is 34.7 Å². The molecule has 0 aromatic heterocycles. The first-order chi connectivity index (χ1) is 20.8. The van der Waals surface area contributed by atoms with Gasteiger partial charge in [0.25, 0.3) is 0 Å². The van der Waals surface area contributed by atoms with Gasteiger partial charge >= 0.3 is 22.3 Å². The van der Waals surface area contributed by atoms with Crippen molar-refractivity contribution in [2.45, 2.75) is 206 Å². The second-order valence-electron chi connectivity index (χ2n) is 12.5. The van der Waals surface area contributed by atoms with Crippen LogP contribution in [0.15, 0.2) is 0 Å². The molecule has 9 heteroatoms. The number of hydrogen-bond acceptors (Lipinski definition) is 7. The Hall–Kier alpha value is -1.19. The first kappa shape index (κ1) is 39.8. The van der Waals surface area contributed by atoms with E-state index in [0.717, 1.165) is 38.5 Å². The Labute approximate surface area is 263 Å². The van der Waals surface area contributed by atoms with Crippen LogP contribution in [0.5, 0.6) is 0 Å². The summed E-state index contributed by atoms with van der Waals surface area (Å²) in [5, 5.41) is 0. The highest BCUT2D eigenvalue weighted by Crippen LogP contribution is 2.29. The van der Waals surface area contributed by atoms with Crippen LogP contribution < -0.4 is 0 Å². The number of hydrogen-bond donors (Lipinski definition) is 1. The van der Waals surface area contributed by atoms with Crippen molar-refractivity contribution in [1.82, 2.24) is 0 Å². The molecule has 0 amide bonds. The predicted octanol–water partition coefficient (Wildman–Crippen LogP) is 9.58. The average Bonchev–Trinajstić information content (AvgIpc) is 2.95.